The van der Waals surface area contributed by atoms with Crippen LogP contribution in [0.5, 0.6) is 0 Å². The Bertz CT molecular complexity index is 813. The van der Waals surface area contributed by atoms with Crippen LogP contribution in [0.2, 0.25) is 15.1 Å². The summed E-state index contributed by atoms with van der Waals surface area (Å²) in [5, 5.41) is 8.64. The zero-order chi connectivity index (χ0) is 18.7. The number of halogens is 3. The second-order valence-electron chi connectivity index (χ2n) is 6.18. The molecule has 1 N–H and O–H groups in total. The lowest BCUT2D eigenvalue weighted by Gasteiger charge is -2.36. The first-order chi connectivity index (χ1) is 12.4. The van der Waals surface area contributed by atoms with Crippen molar-refractivity contribution in [1.29, 1.82) is 0 Å². The van der Waals surface area contributed by atoms with Crippen LogP contribution in [0.3, 0.4) is 0 Å². The van der Waals surface area contributed by atoms with Crippen molar-refractivity contribution in [3.8, 4) is 0 Å². The molecule has 0 radical (unpaired) electrons. The number of anilines is 2. The van der Waals surface area contributed by atoms with Gasteiger partial charge in [-0.1, -0.05) is 34.8 Å². The predicted molar refractivity (Wildman–Crippen MR) is 108 cm³/mol. The van der Waals surface area contributed by atoms with Crippen molar-refractivity contribution in [2.75, 3.05) is 49.5 Å². The molecule has 1 aliphatic heterocycles. The van der Waals surface area contributed by atoms with Gasteiger partial charge in [0.25, 0.3) is 5.56 Å². The van der Waals surface area contributed by atoms with Crippen LogP contribution in [-0.2, 0) is 7.05 Å². The molecule has 2 heterocycles. The smallest absolute Gasteiger partial charge is 0.287 e. The zero-order valence-corrected chi connectivity index (χ0v) is 16.7. The fourth-order valence-electron chi connectivity index (χ4n) is 2.93. The Balaban J connectivity index is 1.49. The fraction of sp³-hybridized carbons (Fsp3) is 0.412. The van der Waals surface area contributed by atoms with E-state index in [4.69, 9.17) is 34.8 Å². The molecule has 0 atom stereocenters. The van der Waals surface area contributed by atoms with Gasteiger partial charge in [-0.05, 0) is 18.2 Å². The van der Waals surface area contributed by atoms with Gasteiger partial charge in [-0.15, -0.1) is 0 Å². The van der Waals surface area contributed by atoms with E-state index in [0.29, 0.717) is 22.3 Å². The molecule has 9 heteroatoms. The van der Waals surface area contributed by atoms with Crippen molar-refractivity contribution in [1.82, 2.24) is 14.7 Å². The Morgan fingerprint density at radius 2 is 1.73 bits per heavy atom. The number of rotatable bonds is 5. The van der Waals surface area contributed by atoms with Crippen LogP contribution in [0.4, 0.5) is 11.4 Å². The fourth-order valence-corrected chi connectivity index (χ4v) is 3.69. The number of aromatic nitrogens is 2. The first-order valence-corrected chi connectivity index (χ1v) is 9.46. The first-order valence-electron chi connectivity index (χ1n) is 8.33. The first kappa shape index (κ1) is 19.3. The predicted octanol–water partition coefficient (Wildman–Crippen LogP) is 2.97. The number of hydrogen-bond donors (Lipinski definition) is 1. The molecule has 0 bridgehead atoms. The minimum atomic E-state index is -0.300. The van der Waals surface area contributed by atoms with Crippen molar-refractivity contribution >= 4 is 46.2 Å². The third-order valence-corrected chi connectivity index (χ3v) is 5.21. The maximum atomic E-state index is 11.8. The highest BCUT2D eigenvalue weighted by Gasteiger charge is 2.17. The molecule has 6 nitrogen and oxygen atoms in total. The van der Waals surface area contributed by atoms with Crippen molar-refractivity contribution < 1.29 is 0 Å². The Morgan fingerprint density at radius 3 is 2.38 bits per heavy atom. The van der Waals surface area contributed by atoms with Crippen molar-refractivity contribution in [2.45, 2.75) is 0 Å². The standard InChI is InChI=1S/C17H20Cl3N5O/c1-23-17(26)16(20)15(11-22-23)21-2-3-24-4-6-25(7-5-24)14-9-12(18)8-13(19)10-14/h8-11,21H,2-7H2,1H3. The van der Waals surface area contributed by atoms with Crippen LogP contribution < -0.4 is 15.8 Å². The Kier molecular flexibility index (Phi) is 6.29. The van der Waals surface area contributed by atoms with Gasteiger partial charge in [0.2, 0.25) is 0 Å². The SMILES string of the molecule is Cn1ncc(NCCN2CCN(c3cc(Cl)cc(Cl)c3)CC2)c(Cl)c1=O. The Hall–Kier alpha value is -1.47. The molecule has 0 spiro atoms. The number of nitrogens with one attached hydrogen (secondary N) is 1. The van der Waals surface area contributed by atoms with Crippen LogP contribution in [-0.4, -0.2) is 53.9 Å². The average Bonchev–Trinajstić information content (AvgIpc) is 2.61. The monoisotopic (exact) mass is 415 g/mol. The van der Waals surface area contributed by atoms with Crippen LogP contribution in [0, 0.1) is 0 Å². The summed E-state index contributed by atoms with van der Waals surface area (Å²) in [7, 11) is 1.57. The maximum absolute atomic E-state index is 11.8. The van der Waals surface area contributed by atoms with E-state index < -0.39 is 0 Å². The topological polar surface area (TPSA) is 53.4 Å². The van der Waals surface area contributed by atoms with Gasteiger partial charge in [0.15, 0.2) is 0 Å². The third-order valence-electron chi connectivity index (χ3n) is 4.41. The lowest BCUT2D eigenvalue weighted by atomic mass is 10.2. The average molecular weight is 417 g/mol. The molecule has 0 amide bonds. The Morgan fingerprint density at radius 1 is 1.08 bits per heavy atom. The normalized spacial score (nSPS) is 15.3. The van der Waals surface area contributed by atoms with Gasteiger partial charge in [-0.2, -0.15) is 5.10 Å². The highest BCUT2D eigenvalue weighted by atomic mass is 35.5. The van der Waals surface area contributed by atoms with Gasteiger partial charge in [-0.25, -0.2) is 4.68 Å². The molecule has 1 aromatic heterocycles. The summed E-state index contributed by atoms with van der Waals surface area (Å²) in [5.41, 5.74) is 1.32. The summed E-state index contributed by atoms with van der Waals surface area (Å²) >= 11 is 18.2. The summed E-state index contributed by atoms with van der Waals surface area (Å²) in [6, 6.07) is 5.62. The van der Waals surface area contributed by atoms with Crippen molar-refractivity contribution in [3.63, 3.8) is 0 Å². The van der Waals surface area contributed by atoms with E-state index in [0.717, 1.165) is 38.4 Å². The van der Waals surface area contributed by atoms with Gasteiger partial charge in [0.1, 0.15) is 5.02 Å². The third kappa shape index (κ3) is 4.62. The van der Waals surface area contributed by atoms with E-state index in [1.165, 1.54) is 4.68 Å². The summed E-state index contributed by atoms with van der Waals surface area (Å²) in [4.78, 5) is 16.4. The highest BCUT2D eigenvalue weighted by molar-refractivity contribution is 6.35. The van der Waals surface area contributed by atoms with E-state index in [1.807, 2.05) is 12.1 Å². The molecule has 0 unspecified atom stereocenters. The molecule has 0 aliphatic carbocycles. The van der Waals surface area contributed by atoms with Gasteiger partial charge < -0.3 is 10.2 Å². The number of nitrogens with zero attached hydrogens (tertiary/aromatic N) is 4. The van der Waals surface area contributed by atoms with Crippen LogP contribution in [0.25, 0.3) is 0 Å². The van der Waals surface area contributed by atoms with Gasteiger partial charge in [0.05, 0.1) is 11.9 Å². The van der Waals surface area contributed by atoms with Crippen LogP contribution in [0.15, 0.2) is 29.2 Å². The molecule has 26 heavy (non-hydrogen) atoms. The van der Waals surface area contributed by atoms with Crippen molar-refractivity contribution in [3.05, 3.63) is 49.8 Å². The quantitative estimate of drug-likeness (QED) is 0.812. The number of aryl methyl sites for hydroxylation is 1. The lowest BCUT2D eigenvalue weighted by molar-refractivity contribution is 0.267. The minimum absolute atomic E-state index is 0.171. The molecule has 1 aromatic carbocycles. The van der Waals surface area contributed by atoms with Gasteiger partial charge in [0, 0.05) is 62.0 Å². The molecular weight excluding hydrogens is 397 g/mol. The van der Waals surface area contributed by atoms with E-state index in [1.54, 1.807) is 19.3 Å². The summed E-state index contributed by atoms with van der Waals surface area (Å²) < 4.78 is 1.22. The second-order valence-corrected chi connectivity index (χ2v) is 7.43. The van der Waals surface area contributed by atoms with E-state index in [2.05, 4.69) is 20.2 Å². The molecule has 1 saturated heterocycles. The lowest BCUT2D eigenvalue weighted by Crippen LogP contribution is -2.47. The number of hydrogen-bond acceptors (Lipinski definition) is 5. The molecule has 1 aliphatic rings. The molecule has 2 aromatic rings. The summed E-state index contributed by atoms with van der Waals surface area (Å²) in [6.45, 7) is 5.24. The minimum Gasteiger partial charge on any atom is -0.381 e. The summed E-state index contributed by atoms with van der Waals surface area (Å²) in [6.07, 6.45) is 1.57. The molecular formula is C17H20Cl3N5O. The largest absolute Gasteiger partial charge is 0.381 e. The van der Waals surface area contributed by atoms with Crippen molar-refractivity contribution in [2.24, 2.45) is 7.05 Å². The molecule has 3 rings (SSSR count). The van der Waals surface area contributed by atoms with Gasteiger partial charge >= 0.3 is 0 Å². The number of piperazine rings is 1. The second kappa shape index (κ2) is 8.48. The number of benzene rings is 1. The van der Waals surface area contributed by atoms with E-state index in [-0.39, 0.29) is 10.6 Å². The molecule has 140 valence electrons. The van der Waals surface area contributed by atoms with E-state index in [9.17, 15) is 4.79 Å². The highest BCUT2D eigenvalue weighted by Crippen LogP contribution is 2.26. The van der Waals surface area contributed by atoms with Crippen LogP contribution >= 0.6 is 34.8 Å². The summed E-state index contributed by atoms with van der Waals surface area (Å²) in [5.74, 6) is 0. The van der Waals surface area contributed by atoms with Crippen LogP contribution in [0.1, 0.15) is 0 Å². The van der Waals surface area contributed by atoms with E-state index >= 15 is 0 Å². The molecule has 1 fully saturated rings. The molecule has 0 saturated carbocycles. The Labute approximate surface area is 167 Å². The van der Waals surface area contributed by atoms with Gasteiger partial charge in [-0.3, -0.25) is 9.69 Å². The maximum Gasteiger partial charge on any atom is 0.287 e. The zero-order valence-electron chi connectivity index (χ0n) is 14.4.